The second kappa shape index (κ2) is 9.55. The number of piperidine rings is 1. The third-order valence-electron chi connectivity index (χ3n) is 7.48. The molecule has 5 rings (SSSR count). The Morgan fingerprint density at radius 1 is 1.00 bits per heavy atom. The normalized spacial score (nSPS) is 22.0. The van der Waals surface area contributed by atoms with Gasteiger partial charge in [-0.15, -0.1) is 0 Å². The molecule has 2 aliphatic heterocycles. The molecule has 1 atom stereocenters. The molecule has 0 radical (unpaired) electrons. The Hall–Kier alpha value is -2.50. The molecule has 0 aromatic carbocycles. The molecule has 1 saturated carbocycles. The Balaban J connectivity index is 1.44. The van der Waals surface area contributed by atoms with Crippen LogP contribution < -0.4 is 4.90 Å². The van der Waals surface area contributed by atoms with Gasteiger partial charge in [-0.25, -0.2) is 9.97 Å². The number of amides is 1. The Morgan fingerprint density at radius 3 is 2.66 bits per heavy atom. The Labute approximate surface area is 191 Å². The van der Waals surface area contributed by atoms with Crippen molar-refractivity contribution in [2.45, 2.75) is 83.7 Å². The van der Waals surface area contributed by atoms with Crippen molar-refractivity contribution < 1.29 is 4.79 Å². The standard InChI is InChI=1S/C26H35N5O/c1-19-22-13-9-16-30(18-21-12-5-7-15-27-21)25(22)29-24(28-19)23-14-6-8-17-31(23)26(32)20-10-3-2-4-11-20/h5,7,12,15,20,23H,2-4,6,8-11,13-14,16-18H2,1H3/t23-/m1/s1. The summed E-state index contributed by atoms with van der Waals surface area (Å²) in [5, 5.41) is 0. The van der Waals surface area contributed by atoms with E-state index in [1.54, 1.807) is 0 Å². The van der Waals surface area contributed by atoms with Crippen LogP contribution in [0.25, 0.3) is 0 Å². The predicted octanol–water partition coefficient (Wildman–Crippen LogP) is 4.77. The number of rotatable bonds is 4. The predicted molar refractivity (Wildman–Crippen MR) is 125 cm³/mol. The summed E-state index contributed by atoms with van der Waals surface area (Å²) in [6, 6.07) is 6.09. The zero-order valence-corrected chi connectivity index (χ0v) is 19.3. The average molecular weight is 434 g/mol. The summed E-state index contributed by atoms with van der Waals surface area (Å²) >= 11 is 0. The molecule has 32 heavy (non-hydrogen) atoms. The van der Waals surface area contributed by atoms with E-state index in [9.17, 15) is 4.79 Å². The van der Waals surface area contributed by atoms with Crippen molar-refractivity contribution >= 4 is 11.7 Å². The lowest BCUT2D eigenvalue weighted by atomic mass is 9.87. The number of anilines is 1. The molecule has 1 saturated heterocycles. The first-order valence-corrected chi connectivity index (χ1v) is 12.5. The molecule has 0 unspecified atom stereocenters. The van der Waals surface area contributed by atoms with Gasteiger partial charge < -0.3 is 9.80 Å². The highest BCUT2D eigenvalue weighted by atomic mass is 16.2. The van der Waals surface area contributed by atoms with Crippen LogP contribution >= 0.6 is 0 Å². The Morgan fingerprint density at radius 2 is 1.84 bits per heavy atom. The van der Waals surface area contributed by atoms with E-state index in [0.29, 0.717) is 5.91 Å². The third-order valence-corrected chi connectivity index (χ3v) is 7.48. The quantitative estimate of drug-likeness (QED) is 0.695. The number of likely N-dealkylation sites (tertiary alicyclic amines) is 1. The molecule has 2 aromatic rings. The van der Waals surface area contributed by atoms with Gasteiger partial charge in [-0.2, -0.15) is 0 Å². The first kappa shape index (κ1) is 21.4. The van der Waals surface area contributed by atoms with Gasteiger partial charge in [0.1, 0.15) is 5.82 Å². The van der Waals surface area contributed by atoms with Crippen LogP contribution in [-0.4, -0.2) is 38.8 Å². The molecule has 0 spiro atoms. The van der Waals surface area contributed by atoms with Crippen LogP contribution in [0.3, 0.4) is 0 Å². The van der Waals surface area contributed by atoms with Crippen LogP contribution in [-0.2, 0) is 17.8 Å². The minimum absolute atomic E-state index is 0.0146. The van der Waals surface area contributed by atoms with Crippen molar-refractivity contribution in [3.63, 3.8) is 0 Å². The van der Waals surface area contributed by atoms with Crippen molar-refractivity contribution in [3.8, 4) is 0 Å². The molecule has 2 aromatic heterocycles. The van der Waals surface area contributed by atoms with Gasteiger partial charge in [-0.1, -0.05) is 25.3 Å². The molecule has 6 nitrogen and oxygen atoms in total. The van der Waals surface area contributed by atoms with Crippen molar-refractivity contribution in [1.29, 1.82) is 0 Å². The number of aryl methyl sites for hydroxylation is 1. The summed E-state index contributed by atoms with van der Waals surface area (Å²) in [6.07, 6.45) is 12.9. The van der Waals surface area contributed by atoms with E-state index in [1.807, 2.05) is 18.3 Å². The second-order valence-electron chi connectivity index (χ2n) is 9.69. The van der Waals surface area contributed by atoms with Gasteiger partial charge in [0.15, 0.2) is 5.82 Å². The fourth-order valence-electron chi connectivity index (χ4n) is 5.75. The lowest BCUT2D eigenvalue weighted by molar-refractivity contribution is -0.140. The number of fused-ring (bicyclic) bond motifs is 1. The number of carbonyl (C=O) groups is 1. The number of hydrogen-bond acceptors (Lipinski definition) is 5. The Kier molecular flexibility index (Phi) is 6.37. The highest BCUT2D eigenvalue weighted by molar-refractivity contribution is 5.79. The number of aromatic nitrogens is 3. The average Bonchev–Trinajstić information content (AvgIpc) is 2.85. The molecule has 1 amide bonds. The lowest BCUT2D eigenvalue weighted by Crippen LogP contribution is -2.43. The highest BCUT2D eigenvalue weighted by Crippen LogP contribution is 2.36. The monoisotopic (exact) mass is 433 g/mol. The molecule has 4 heterocycles. The highest BCUT2D eigenvalue weighted by Gasteiger charge is 2.35. The van der Waals surface area contributed by atoms with E-state index in [1.165, 1.54) is 24.8 Å². The van der Waals surface area contributed by atoms with Gasteiger partial charge >= 0.3 is 0 Å². The summed E-state index contributed by atoms with van der Waals surface area (Å²) in [5.41, 5.74) is 3.40. The minimum Gasteiger partial charge on any atom is -0.350 e. The van der Waals surface area contributed by atoms with Crippen molar-refractivity contribution in [2.75, 3.05) is 18.0 Å². The SMILES string of the molecule is Cc1nc([C@H]2CCCCN2C(=O)C2CCCCC2)nc2c1CCCN2Cc1ccccn1. The summed E-state index contributed by atoms with van der Waals surface area (Å²) < 4.78 is 0. The summed E-state index contributed by atoms with van der Waals surface area (Å²) in [4.78, 5) is 32.6. The van der Waals surface area contributed by atoms with Gasteiger partial charge in [-0.3, -0.25) is 9.78 Å². The first-order valence-electron chi connectivity index (χ1n) is 12.5. The molecule has 170 valence electrons. The maximum Gasteiger partial charge on any atom is 0.226 e. The third kappa shape index (κ3) is 4.37. The van der Waals surface area contributed by atoms with Crippen LogP contribution in [0.4, 0.5) is 5.82 Å². The fraction of sp³-hybridized carbons (Fsp3) is 0.615. The number of pyridine rings is 1. The van der Waals surface area contributed by atoms with E-state index in [0.717, 1.165) is 87.6 Å². The zero-order chi connectivity index (χ0) is 21.9. The maximum atomic E-state index is 13.5. The second-order valence-corrected chi connectivity index (χ2v) is 9.69. The molecule has 0 bridgehead atoms. The van der Waals surface area contributed by atoms with Crippen LogP contribution in [0.2, 0.25) is 0 Å². The van der Waals surface area contributed by atoms with E-state index >= 15 is 0 Å². The van der Waals surface area contributed by atoms with E-state index in [2.05, 4.69) is 27.8 Å². The van der Waals surface area contributed by atoms with Crippen LogP contribution in [0.5, 0.6) is 0 Å². The zero-order valence-electron chi connectivity index (χ0n) is 19.3. The van der Waals surface area contributed by atoms with E-state index < -0.39 is 0 Å². The van der Waals surface area contributed by atoms with E-state index in [4.69, 9.17) is 9.97 Å². The van der Waals surface area contributed by atoms with E-state index in [-0.39, 0.29) is 12.0 Å². The lowest BCUT2D eigenvalue weighted by Gasteiger charge is -2.39. The molecule has 3 aliphatic rings. The van der Waals surface area contributed by atoms with Gasteiger partial charge in [0.25, 0.3) is 0 Å². The molecule has 6 heteroatoms. The van der Waals surface area contributed by atoms with Crippen LogP contribution in [0.15, 0.2) is 24.4 Å². The van der Waals surface area contributed by atoms with Crippen LogP contribution in [0, 0.1) is 12.8 Å². The number of hydrogen-bond donors (Lipinski definition) is 0. The van der Waals surface area contributed by atoms with Gasteiger partial charge in [-0.05, 0) is 64.0 Å². The topological polar surface area (TPSA) is 62.2 Å². The maximum absolute atomic E-state index is 13.5. The largest absolute Gasteiger partial charge is 0.350 e. The smallest absolute Gasteiger partial charge is 0.226 e. The van der Waals surface area contributed by atoms with Gasteiger partial charge in [0.05, 0.1) is 18.3 Å². The van der Waals surface area contributed by atoms with Crippen molar-refractivity contribution in [3.05, 3.63) is 47.2 Å². The number of carbonyl (C=O) groups excluding carboxylic acids is 1. The van der Waals surface area contributed by atoms with Gasteiger partial charge in [0.2, 0.25) is 5.91 Å². The molecule has 0 N–H and O–H groups in total. The summed E-state index contributed by atoms with van der Waals surface area (Å²) in [7, 11) is 0. The number of nitrogens with zero attached hydrogens (tertiary/aromatic N) is 5. The summed E-state index contributed by atoms with van der Waals surface area (Å²) in [6.45, 7) is 4.70. The van der Waals surface area contributed by atoms with Gasteiger partial charge in [0, 0.05) is 36.5 Å². The fourth-order valence-corrected chi connectivity index (χ4v) is 5.75. The van der Waals surface area contributed by atoms with Crippen molar-refractivity contribution in [1.82, 2.24) is 19.9 Å². The molecule has 2 fully saturated rings. The van der Waals surface area contributed by atoms with Crippen molar-refractivity contribution in [2.24, 2.45) is 5.92 Å². The summed E-state index contributed by atoms with van der Waals surface area (Å²) in [5.74, 6) is 2.44. The Bertz CT molecular complexity index is 941. The van der Waals surface area contributed by atoms with Crippen LogP contribution in [0.1, 0.15) is 86.6 Å². The molecule has 1 aliphatic carbocycles. The molecular weight excluding hydrogens is 398 g/mol. The minimum atomic E-state index is 0.0146. The molecular formula is C26H35N5O. The first-order chi connectivity index (χ1) is 15.7.